The Labute approximate surface area is 116 Å². The summed E-state index contributed by atoms with van der Waals surface area (Å²) >= 11 is 0. The Kier molecular flexibility index (Phi) is 3.65. The zero-order valence-electron chi connectivity index (χ0n) is 11.6. The number of nitrogens with two attached hydrogens (primary N) is 1. The van der Waals surface area contributed by atoms with Crippen LogP contribution in [0.4, 0.5) is 16.5 Å². The van der Waals surface area contributed by atoms with Gasteiger partial charge in [-0.15, -0.1) is 0 Å². The van der Waals surface area contributed by atoms with Crippen molar-refractivity contribution >= 4 is 17.8 Å². The number of nitrogen functional groups attached to an aromatic ring is 1. The number of hydrogen-bond donors (Lipinski definition) is 2. The summed E-state index contributed by atoms with van der Waals surface area (Å²) in [4.78, 5) is 15.4. The van der Waals surface area contributed by atoms with Crippen molar-refractivity contribution < 1.29 is 13.9 Å². The highest BCUT2D eigenvalue weighted by atomic mass is 16.6. The molecule has 20 heavy (non-hydrogen) atoms. The molecule has 1 aromatic carbocycles. The van der Waals surface area contributed by atoms with Crippen molar-refractivity contribution in [2.75, 3.05) is 11.1 Å². The average molecular weight is 275 g/mol. The Bertz CT molecular complexity index is 597. The summed E-state index contributed by atoms with van der Waals surface area (Å²) < 4.78 is 10.4. The van der Waals surface area contributed by atoms with Gasteiger partial charge < -0.3 is 14.9 Å². The Morgan fingerprint density at radius 1 is 1.30 bits per heavy atom. The number of amides is 1. The van der Waals surface area contributed by atoms with Gasteiger partial charge in [-0.2, -0.15) is 0 Å². The topological polar surface area (TPSA) is 90.4 Å². The molecule has 0 aliphatic carbocycles. The fourth-order valence-corrected chi connectivity index (χ4v) is 1.56. The van der Waals surface area contributed by atoms with E-state index in [1.165, 1.54) is 0 Å². The van der Waals surface area contributed by atoms with E-state index in [2.05, 4.69) is 10.3 Å². The lowest BCUT2D eigenvalue weighted by molar-refractivity contribution is 0.0636. The van der Waals surface area contributed by atoms with Crippen LogP contribution in [0.25, 0.3) is 11.3 Å². The first-order chi connectivity index (χ1) is 9.33. The number of hydrogen-bond acceptors (Lipinski definition) is 5. The van der Waals surface area contributed by atoms with E-state index in [0.717, 1.165) is 5.56 Å². The van der Waals surface area contributed by atoms with Crippen LogP contribution in [0, 0.1) is 0 Å². The van der Waals surface area contributed by atoms with Gasteiger partial charge in [-0.3, -0.25) is 5.32 Å². The zero-order valence-corrected chi connectivity index (χ0v) is 11.6. The van der Waals surface area contributed by atoms with E-state index in [-0.39, 0.29) is 6.01 Å². The summed E-state index contributed by atoms with van der Waals surface area (Å²) in [6, 6.07) is 7.21. The van der Waals surface area contributed by atoms with E-state index in [1.54, 1.807) is 30.5 Å². The van der Waals surface area contributed by atoms with Crippen LogP contribution in [0.5, 0.6) is 0 Å². The van der Waals surface area contributed by atoms with Crippen molar-refractivity contribution in [1.82, 2.24) is 4.98 Å². The SMILES string of the molecule is CC(C)(C)OC(=O)Nc1ccc(-c2cnc(N)o2)cc1. The van der Waals surface area contributed by atoms with Gasteiger partial charge >= 0.3 is 6.09 Å². The summed E-state index contributed by atoms with van der Waals surface area (Å²) in [5, 5.41) is 2.65. The third-order valence-corrected chi connectivity index (χ3v) is 2.34. The van der Waals surface area contributed by atoms with Gasteiger partial charge in [-0.05, 0) is 45.0 Å². The molecule has 0 aliphatic heterocycles. The van der Waals surface area contributed by atoms with Crippen LogP contribution in [0.2, 0.25) is 0 Å². The second-order valence-electron chi connectivity index (χ2n) is 5.27. The van der Waals surface area contributed by atoms with E-state index in [0.29, 0.717) is 11.4 Å². The maximum Gasteiger partial charge on any atom is 0.412 e. The van der Waals surface area contributed by atoms with Crippen LogP contribution in [-0.2, 0) is 4.74 Å². The molecule has 106 valence electrons. The smallest absolute Gasteiger partial charge is 0.412 e. The molecule has 1 heterocycles. The highest BCUT2D eigenvalue weighted by Crippen LogP contribution is 2.23. The second kappa shape index (κ2) is 5.24. The number of aromatic nitrogens is 1. The van der Waals surface area contributed by atoms with Gasteiger partial charge in [0.15, 0.2) is 5.76 Å². The first-order valence-electron chi connectivity index (χ1n) is 6.15. The summed E-state index contributed by atoms with van der Waals surface area (Å²) in [6.45, 7) is 5.43. The highest BCUT2D eigenvalue weighted by Gasteiger charge is 2.16. The van der Waals surface area contributed by atoms with Crippen molar-refractivity contribution in [2.45, 2.75) is 26.4 Å². The summed E-state index contributed by atoms with van der Waals surface area (Å²) in [5.74, 6) is 0.575. The Morgan fingerprint density at radius 3 is 2.45 bits per heavy atom. The third-order valence-electron chi connectivity index (χ3n) is 2.34. The molecule has 0 spiro atoms. The van der Waals surface area contributed by atoms with Gasteiger partial charge in [0.1, 0.15) is 5.60 Å². The lowest BCUT2D eigenvalue weighted by Gasteiger charge is -2.19. The molecule has 0 fully saturated rings. The van der Waals surface area contributed by atoms with Crippen LogP contribution in [-0.4, -0.2) is 16.7 Å². The highest BCUT2D eigenvalue weighted by molar-refractivity contribution is 5.85. The van der Waals surface area contributed by atoms with Crippen molar-refractivity contribution in [2.24, 2.45) is 0 Å². The summed E-state index contributed by atoms with van der Waals surface area (Å²) in [7, 11) is 0. The molecule has 6 heteroatoms. The number of benzene rings is 1. The second-order valence-corrected chi connectivity index (χ2v) is 5.27. The Morgan fingerprint density at radius 2 is 1.95 bits per heavy atom. The van der Waals surface area contributed by atoms with Crippen LogP contribution in [0.1, 0.15) is 20.8 Å². The number of oxazole rings is 1. The molecule has 1 aromatic heterocycles. The molecular formula is C14H17N3O3. The fraction of sp³-hybridized carbons (Fsp3) is 0.286. The minimum Gasteiger partial charge on any atom is -0.444 e. The Balaban J connectivity index is 2.03. The zero-order chi connectivity index (χ0) is 14.8. The largest absolute Gasteiger partial charge is 0.444 e. The number of carbonyl (C=O) groups is 1. The quantitative estimate of drug-likeness (QED) is 0.877. The molecule has 0 atom stereocenters. The molecule has 0 saturated heterocycles. The molecule has 2 rings (SSSR count). The van der Waals surface area contributed by atoms with E-state index in [1.807, 2.05) is 20.8 Å². The molecule has 6 nitrogen and oxygen atoms in total. The lowest BCUT2D eigenvalue weighted by atomic mass is 10.2. The maximum absolute atomic E-state index is 11.6. The number of rotatable bonds is 2. The van der Waals surface area contributed by atoms with Crippen LogP contribution in [0.15, 0.2) is 34.9 Å². The first-order valence-corrected chi connectivity index (χ1v) is 6.15. The van der Waals surface area contributed by atoms with Gasteiger partial charge in [0.05, 0.1) is 6.20 Å². The molecule has 0 bridgehead atoms. The van der Waals surface area contributed by atoms with E-state index in [9.17, 15) is 4.79 Å². The van der Waals surface area contributed by atoms with Gasteiger partial charge in [0.2, 0.25) is 0 Å². The minimum absolute atomic E-state index is 0.121. The number of ether oxygens (including phenoxy) is 1. The summed E-state index contributed by atoms with van der Waals surface area (Å²) in [5.41, 5.74) is 6.35. The number of nitrogens with zero attached hydrogens (tertiary/aromatic N) is 1. The van der Waals surface area contributed by atoms with E-state index in [4.69, 9.17) is 14.9 Å². The maximum atomic E-state index is 11.6. The Hall–Kier alpha value is -2.50. The molecular weight excluding hydrogens is 258 g/mol. The molecule has 3 N–H and O–H groups in total. The fourth-order valence-electron chi connectivity index (χ4n) is 1.56. The van der Waals surface area contributed by atoms with E-state index < -0.39 is 11.7 Å². The van der Waals surface area contributed by atoms with Gasteiger partial charge in [-0.1, -0.05) is 0 Å². The molecule has 1 amide bonds. The predicted molar refractivity (Wildman–Crippen MR) is 76.2 cm³/mol. The molecule has 0 saturated carbocycles. The van der Waals surface area contributed by atoms with Gasteiger partial charge in [0.25, 0.3) is 6.01 Å². The van der Waals surface area contributed by atoms with Crippen LogP contribution < -0.4 is 11.1 Å². The number of carbonyl (C=O) groups excluding carboxylic acids is 1. The monoisotopic (exact) mass is 275 g/mol. The molecule has 0 unspecified atom stereocenters. The van der Waals surface area contributed by atoms with Crippen molar-refractivity contribution in [3.63, 3.8) is 0 Å². The number of nitrogens with one attached hydrogen (secondary N) is 1. The summed E-state index contributed by atoms with van der Waals surface area (Å²) in [6.07, 6.45) is 1.06. The van der Waals surface area contributed by atoms with Crippen molar-refractivity contribution in [1.29, 1.82) is 0 Å². The molecule has 0 radical (unpaired) electrons. The third kappa shape index (κ3) is 3.74. The van der Waals surface area contributed by atoms with Gasteiger partial charge in [0, 0.05) is 11.3 Å². The van der Waals surface area contributed by atoms with E-state index >= 15 is 0 Å². The van der Waals surface area contributed by atoms with Crippen molar-refractivity contribution in [3.8, 4) is 11.3 Å². The minimum atomic E-state index is -0.526. The molecule has 0 aliphatic rings. The van der Waals surface area contributed by atoms with Crippen molar-refractivity contribution in [3.05, 3.63) is 30.5 Å². The normalized spacial score (nSPS) is 11.2. The van der Waals surface area contributed by atoms with Gasteiger partial charge in [-0.25, -0.2) is 9.78 Å². The standard InChI is InChI=1S/C14H17N3O3/c1-14(2,3)20-13(18)17-10-6-4-9(5-7-10)11-8-16-12(15)19-11/h4-8H,1-3H3,(H2,15,16)(H,17,18). The number of anilines is 2. The van der Waals surface area contributed by atoms with Crippen LogP contribution in [0.3, 0.4) is 0 Å². The first kappa shape index (κ1) is 13.9. The average Bonchev–Trinajstić information content (AvgIpc) is 2.74. The predicted octanol–water partition coefficient (Wildman–Crippen LogP) is 3.27. The van der Waals surface area contributed by atoms with Crippen LogP contribution >= 0.6 is 0 Å². The lowest BCUT2D eigenvalue weighted by Crippen LogP contribution is -2.27. The molecule has 2 aromatic rings.